The van der Waals surface area contributed by atoms with E-state index in [4.69, 9.17) is 5.73 Å². The summed E-state index contributed by atoms with van der Waals surface area (Å²) in [6, 6.07) is 0.426. The van der Waals surface area contributed by atoms with Crippen molar-refractivity contribution >= 4 is 9.39 Å². The van der Waals surface area contributed by atoms with Crippen LogP contribution in [0.25, 0.3) is 0 Å². The van der Waals surface area contributed by atoms with Gasteiger partial charge in [0.25, 0.3) is 0 Å². The fourth-order valence-electron chi connectivity index (χ4n) is 0.0680. The summed E-state index contributed by atoms with van der Waals surface area (Å²) in [7, 11) is 2.41. The van der Waals surface area contributed by atoms with E-state index in [2.05, 4.69) is 14.5 Å². The Hall–Kier alpha value is 0.350. The molecular formula is C3H11N2P. The maximum atomic E-state index is 5.21. The lowest BCUT2D eigenvalue weighted by atomic mass is 10.4. The molecule has 0 rings (SSSR count). The van der Waals surface area contributed by atoms with E-state index >= 15 is 0 Å². The summed E-state index contributed by atoms with van der Waals surface area (Å²) in [6.07, 6.45) is 0. The van der Waals surface area contributed by atoms with Gasteiger partial charge in [0.1, 0.15) is 0 Å². The molecule has 0 aliphatic rings. The van der Waals surface area contributed by atoms with Crippen LogP contribution in [-0.4, -0.2) is 12.6 Å². The molecular weight excluding hydrogens is 95.0 g/mol. The Morgan fingerprint density at radius 1 is 2.00 bits per heavy atom. The van der Waals surface area contributed by atoms with Gasteiger partial charge in [-0.2, -0.15) is 0 Å². The van der Waals surface area contributed by atoms with Gasteiger partial charge in [-0.15, -0.1) is 0 Å². The quantitative estimate of drug-likeness (QED) is 0.475. The molecule has 2 atom stereocenters. The molecule has 0 saturated heterocycles. The normalized spacial score (nSPS) is 14.5. The molecule has 3 heteroatoms. The molecule has 2 nitrogen and oxygen atoms in total. The van der Waals surface area contributed by atoms with Gasteiger partial charge in [0.2, 0.25) is 0 Å². The fraction of sp³-hybridized carbons (Fsp3) is 1.00. The summed E-state index contributed by atoms with van der Waals surface area (Å²) in [6.45, 7) is 2.72. The summed E-state index contributed by atoms with van der Waals surface area (Å²) >= 11 is 0. The number of hydrogen-bond acceptors (Lipinski definition) is 2. The monoisotopic (exact) mass is 106 g/mol. The Balaban J connectivity index is 2.75. The average Bonchev–Trinajstić information content (AvgIpc) is 1.65. The Bertz CT molecular complexity index is 28.0. The molecule has 0 aliphatic carbocycles. The minimum Gasteiger partial charge on any atom is -0.329 e. The van der Waals surface area contributed by atoms with Crippen LogP contribution in [0.4, 0.5) is 0 Å². The highest BCUT2D eigenvalue weighted by atomic mass is 31.0. The SMILES string of the molecule is C[C@H](CN)NP. The molecule has 0 saturated carbocycles. The zero-order chi connectivity index (χ0) is 4.99. The summed E-state index contributed by atoms with van der Waals surface area (Å²) in [5.41, 5.74) is 5.21. The first-order chi connectivity index (χ1) is 2.81. The number of rotatable bonds is 2. The van der Waals surface area contributed by atoms with Crippen LogP contribution in [0.3, 0.4) is 0 Å². The molecule has 0 heterocycles. The van der Waals surface area contributed by atoms with Gasteiger partial charge in [0.15, 0.2) is 0 Å². The third-order valence-electron chi connectivity index (χ3n) is 0.638. The van der Waals surface area contributed by atoms with Gasteiger partial charge in [0, 0.05) is 12.6 Å². The lowest BCUT2D eigenvalue weighted by Gasteiger charge is -2.02. The lowest BCUT2D eigenvalue weighted by molar-refractivity contribution is 0.703. The van der Waals surface area contributed by atoms with E-state index in [1.54, 1.807) is 0 Å². The zero-order valence-electron chi connectivity index (χ0n) is 3.94. The first-order valence-electron chi connectivity index (χ1n) is 1.97. The third-order valence-corrected chi connectivity index (χ3v) is 1.21. The van der Waals surface area contributed by atoms with Crippen molar-refractivity contribution in [1.82, 2.24) is 5.09 Å². The van der Waals surface area contributed by atoms with E-state index in [9.17, 15) is 0 Å². The van der Waals surface area contributed by atoms with Gasteiger partial charge in [-0.1, -0.05) is 9.39 Å². The summed E-state index contributed by atoms with van der Waals surface area (Å²) in [5.74, 6) is 0. The highest BCUT2D eigenvalue weighted by molar-refractivity contribution is 7.13. The van der Waals surface area contributed by atoms with Crippen molar-refractivity contribution in [3.8, 4) is 0 Å². The van der Waals surface area contributed by atoms with Gasteiger partial charge >= 0.3 is 0 Å². The number of hydrogen-bond donors (Lipinski definition) is 2. The van der Waals surface area contributed by atoms with Crippen molar-refractivity contribution in [2.75, 3.05) is 6.54 Å². The van der Waals surface area contributed by atoms with Gasteiger partial charge in [0.05, 0.1) is 0 Å². The molecule has 0 aromatic heterocycles. The van der Waals surface area contributed by atoms with Crippen molar-refractivity contribution in [2.45, 2.75) is 13.0 Å². The Morgan fingerprint density at radius 2 is 2.50 bits per heavy atom. The van der Waals surface area contributed by atoms with E-state index in [1.807, 2.05) is 6.92 Å². The zero-order valence-corrected chi connectivity index (χ0v) is 5.09. The molecule has 0 aromatic rings. The topological polar surface area (TPSA) is 38.0 Å². The average molecular weight is 106 g/mol. The standard InChI is InChI=1S/C3H11N2P/c1-3(2-4)5-6/h3,5H,2,4,6H2,1H3/t3-/m1/s1. The molecule has 0 bridgehead atoms. The van der Waals surface area contributed by atoms with E-state index in [0.29, 0.717) is 12.6 Å². The second kappa shape index (κ2) is 3.54. The highest BCUT2D eigenvalue weighted by Crippen LogP contribution is 1.77. The lowest BCUT2D eigenvalue weighted by Crippen LogP contribution is -2.25. The minimum atomic E-state index is 0.426. The molecule has 0 amide bonds. The van der Waals surface area contributed by atoms with E-state index in [1.165, 1.54) is 0 Å². The first kappa shape index (κ1) is 6.35. The second-order valence-corrected chi connectivity index (χ2v) is 1.64. The van der Waals surface area contributed by atoms with Crippen molar-refractivity contribution in [3.63, 3.8) is 0 Å². The van der Waals surface area contributed by atoms with Crippen LogP contribution in [0.2, 0.25) is 0 Å². The van der Waals surface area contributed by atoms with Gasteiger partial charge in [-0.05, 0) is 6.92 Å². The molecule has 0 aliphatic heterocycles. The van der Waals surface area contributed by atoms with Crippen molar-refractivity contribution in [3.05, 3.63) is 0 Å². The Morgan fingerprint density at radius 3 is 2.50 bits per heavy atom. The number of nitrogens with one attached hydrogen (secondary N) is 1. The van der Waals surface area contributed by atoms with Crippen LogP contribution in [0.5, 0.6) is 0 Å². The van der Waals surface area contributed by atoms with Crippen LogP contribution < -0.4 is 10.8 Å². The first-order valence-corrected chi connectivity index (χ1v) is 2.55. The van der Waals surface area contributed by atoms with Crippen LogP contribution in [-0.2, 0) is 0 Å². The fourth-order valence-corrected chi connectivity index (χ4v) is 0.204. The van der Waals surface area contributed by atoms with Crippen molar-refractivity contribution in [1.29, 1.82) is 0 Å². The molecule has 0 radical (unpaired) electrons. The summed E-state index contributed by atoms with van der Waals surface area (Å²) in [4.78, 5) is 0. The summed E-state index contributed by atoms with van der Waals surface area (Å²) < 4.78 is 0. The molecule has 0 aromatic carbocycles. The van der Waals surface area contributed by atoms with E-state index < -0.39 is 0 Å². The molecule has 0 spiro atoms. The predicted octanol–water partition coefficient (Wildman–Crippen LogP) is -0.287. The van der Waals surface area contributed by atoms with Gasteiger partial charge < -0.3 is 5.73 Å². The Kier molecular flexibility index (Phi) is 3.74. The van der Waals surface area contributed by atoms with Crippen molar-refractivity contribution in [2.24, 2.45) is 5.73 Å². The predicted molar refractivity (Wildman–Crippen MR) is 31.4 cm³/mol. The van der Waals surface area contributed by atoms with Gasteiger partial charge in [-0.3, -0.25) is 5.09 Å². The molecule has 6 heavy (non-hydrogen) atoms. The molecule has 3 N–H and O–H groups in total. The Labute approximate surface area is 40.7 Å². The van der Waals surface area contributed by atoms with Gasteiger partial charge in [-0.25, -0.2) is 0 Å². The summed E-state index contributed by atoms with van der Waals surface area (Å²) in [5, 5.41) is 2.91. The van der Waals surface area contributed by atoms with E-state index in [0.717, 1.165) is 0 Å². The molecule has 38 valence electrons. The minimum absolute atomic E-state index is 0.426. The van der Waals surface area contributed by atoms with E-state index in [-0.39, 0.29) is 0 Å². The maximum absolute atomic E-state index is 5.21. The molecule has 0 fully saturated rings. The molecule has 1 unspecified atom stereocenters. The van der Waals surface area contributed by atoms with Crippen LogP contribution in [0.15, 0.2) is 0 Å². The third kappa shape index (κ3) is 2.58. The van der Waals surface area contributed by atoms with Crippen LogP contribution in [0.1, 0.15) is 6.92 Å². The van der Waals surface area contributed by atoms with Crippen LogP contribution in [0, 0.1) is 0 Å². The second-order valence-electron chi connectivity index (χ2n) is 1.30. The largest absolute Gasteiger partial charge is 0.329 e. The smallest absolute Gasteiger partial charge is 0.0193 e. The highest BCUT2D eigenvalue weighted by Gasteiger charge is 1.87. The van der Waals surface area contributed by atoms with Crippen molar-refractivity contribution < 1.29 is 0 Å². The maximum Gasteiger partial charge on any atom is 0.0193 e. The number of nitrogens with two attached hydrogens (primary N) is 1. The van der Waals surface area contributed by atoms with Crippen LogP contribution >= 0.6 is 9.39 Å².